The van der Waals surface area contributed by atoms with Crippen molar-refractivity contribution >= 4 is 39.1 Å². The van der Waals surface area contributed by atoms with E-state index >= 15 is 0 Å². The van der Waals surface area contributed by atoms with Gasteiger partial charge < -0.3 is 10.6 Å². The molecule has 4 nitrogen and oxygen atoms in total. The van der Waals surface area contributed by atoms with Gasteiger partial charge in [-0.05, 0) is 43.2 Å². The van der Waals surface area contributed by atoms with Crippen molar-refractivity contribution in [2.24, 2.45) is 5.41 Å². The van der Waals surface area contributed by atoms with Crippen LogP contribution in [-0.4, -0.2) is 11.8 Å². The number of hydrogen-bond acceptors (Lipinski definition) is 2. The smallest absolute Gasteiger partial charge is 0.240 e. The maximum Gasteiger partial charge on any atom is 0.240 e. The van der Waals surface area contributed by atoms with E-state index < -0.39 is 28.9 Å². The molecule has 1 fully saturated rings. The second-order valence-corrected chi connectivity index (χ2v) is 6.55. The molecule has 24 heavy (non-hydrogen) atoms. The van der Waals surface area contributed by atoms with Crippen LogP contribution in [-0.2, 0) is 9.59 Å². The highest BCUT2D eigenvalue weighted by molar-refractivity contribution is 9.10. The highest BCUT2D eigenvalue weighted by atomic mass is 79.9. The molecule has 0 radical (unpaired) electrons. The first-order valence-corrected chi connectivity index (χ1v) is 8.03. The lowest BCUT2D eigenvalue weighted by atomic mass is 10.0. The Morgan fingerprint density at radius 2 is 1.54 bits per heavy atom. The van der Waals surface area contributed by atoms with Crippen LogP contribution in [0.5, 0.6) is 0 Å². The molecule has 0 spiro atoms. The summed E-state index contributed by atoms with van der Waals surface area (Å²) in [6, 6.07) is 10.1. The molecule has 2 N–H and O–H groups in total. The molecule has 1 aliphatic rings. The fourth-order valence-corrected chi connectivity index (χ4v) is 2.72. The predicted molar refractivity (Wildman–Crippen MR) is 89.4 cm³/mol. The number of anilines is 2. The van der Waals surface area contributed by atoms with E-state index in [4.69, 9.17) is 0 Å². The average molecular weight is 395 g/mol. The monoisotopic (exact) mass is 394 g/mol. The van der Waals surface area contributed by atoms with Gasteiger partial charge in [0, 0.05) is 21.9 Å². The Morgan fingerprint density at radius 1 is 0.917 bits per heavy atom. The summed E-state index contributed by atoms with van der Waals surface area (Å²) in [6.07, 6.45) is 0.810. The molecule has 2 aromatic carbocycles. The number of amides is 2. The number of benzene rings is 2. The Kier molecular flexibility index (Phi) is 4.36. The molecule has 2 amide bonds. The first-order chi connectivity index (χ1) is 11.4. The molecule has 0 aliphatic heterocycles. The van der Waals surface area contributed by atoms with Crippen LogP contribution in [0, 0.1) is 17.0 Å². The number of nitrogens with one attached hydrogen (secondary N) is 2. The Morgan fingerprint density at radius 3 is 2.08 bits per heavy atom. The minimum Gasteiger partial charge on any atom is -0.325 e. The van der Waals surface area contributed by atoms with E-state index in [0.717, 1.165) is 16.6 Å². The van der Waals surface area contributed by atoms with Crippen LogP contribution >= 0.6 is 15.9 Å². The van der Waals surface area contributed by atoms with Crippen molar-refractivity contribution in [3.05, 3.63) is 58.6 Å². The summed E-state index contributed by atoms with van der Waals surface area (Å²) in [7, 11) is 0. The summed E-state index contributed by atoms with van der Waals surface area (Å²) in [4.78, 5) is 24.8. The fourth-order valence-electron chi connectivity index (χ4n) is 2.32. The minimum absolute atomic E-state index is 0.112. The van der Waals surface area contributed by atoms with E-state index in [0.29, 0.717) is 18.5 Å². The quantitative estimate of drug-likeness (QED) is 0.767. The van der Waals surface area contributed by atoms with Crippen molar-refractivity contribution in [1.29, 1.82) is 0 Å². The van der Waals surface area contributed by atoms with Crippen LogP contribution in [0.1, 0.15) is 12.8 Å². The van der Waals surface area contributed by atoms with Gasteiger partial charge in [0.15, 0.2) is 11.6 Å². The standard InChI is InChI=1S/C17H13BrF2N2O2/c18-10-2-1-3-11(8-10)21-15(23)17(6-7-17)16(24)22-12-4-5-13(19)14(20)9-12/h1-5,8-9H,6-7H2,(H,21,23)(H,22,24). The van der Waals surface area contributed by atoms with Gasteiger partial charge in [-0.2, -0.15) is 0 Å². The second kappa shape index (κ2) is 6.32. The largest absolute Gasteiger partial charge is 0.325 e. The third-order valence-corrected chi connectivity index (χ3v) is 4.37. The summed E-state index contributed by atoms with van der Waals surface area (Å²) < 4.78 is 26.9. The molecule has 0 aromatic heterocycles. The van der Waals surface area contributed by atoms with E-state index in [1.165, 1.54) is 6.07 Å². The third-order valence-electron chi connectivity index (χ3n) is 3.88. The Balaban J connectivity index is 1.71. The molecule has 1 aliphatic carbocycles. The molecule has 3 rings (SSSR count). The lowest BCUT2D eigenvalue weighted by Crippen LogP contribution is -2.35. The Labute approximate surface area is 145 Å². The third kappa shape index (κ3) is 3.31. The van der Waals surface area contributed by atoms with Crippen LogP contribution in [0.2, 0.25) is 0 Å². The molecular weight excluding hydrogens is 382 g/mol. The average Bonchev–Trinajstić information content (AvgIpc) is 3.33. The van der Waals surface area contributed by atoms with Crippen molar-refractivity contribution in [2.75, 3.05) is 10.6 Å². The van der Waals surface area contributed by atoms with Crippen LogP contribution in [0.3, 0.4) is 0 Å². The van der Waals surface area contributed by atoms with E-state index in [2.05, 4.69) is 26.6 Å². The molecule has 0 saturated heterocycles. The van der Waals surface area contributed by atoms with Gasteiger partial charge >= 0.3 is 0 Å². The summed E-state index contributed by atoms with van der Waals surface area (Å²) in [5.41, 5.74) is -0.491. The van der Waals surface area contributed by atoms with E-state index in [-0.39, 0.29) is 5.69 Å². The molecule has 0 unspecified atom stereocenters. The molecule has 0 atom stereocenters. The lowest BCUT2D eigenvalue weighted by molar-refractivity contribution is -0.131. The number of rotatable bonds is 4. The zero-order valence-corrected chi connectivity index (χ0v) is 14.0. The van der Waals surface area contributed by atoms with Gasteiger partial charge in [-0.1, -0.05) is 22.0 Å². The van der Waals surface area contributed by atoms with Crippen molar-refractivity contribution in [3.8, 4) is 0 Å². The van der Waals surface area contributed by atoms with E-state index in [9.17, 15) is 18.4 Å². The maximum absolute atomic E-state index is 13.2. The SMILES string of the molecule is O=C(Nc1cccc(Br)c1)C1(C(=O)Nc2ccc(F)c(F)c2)CC1. The van der Waals surface area contributed by atoms with E-state index in [1.807, 2.05) is 6.07 Å². The van der Waals surface area contributed by atoms with Gasteiger partial charge in [0.2, 0.25) is 11.8 Å². The van der Waals surface area contributed by atoms with Gasteiger partial charge in [-0.25, -0.2) is 8.78 Å². The summed E-state index contributed by atoms with van der Waals surface area (Å²) in [6.45, 7) is 0. The van der Waals surface area contributed by atoms with Crippen LogP contribution in [0.4, 0.5) is 20.2 Å². The van der Waals surface area contributed by atoms with Gasteiger partial charge in [-0.3, -0.25) is 9.59 Å². The van der Waals surface area contributed by atoms with Crippen molar-refractivity contribution in [1.82, 2.24) is 0 Å². The Bertz CT molecular complexity index is 822. The summed E-state index contributed by atoms with van der Waals surface area (Å²) in [5, 5.41) is 5.18. The van der Waals surface area contributed by atoms with Gasteiger partial charge in [0.1, 0.15) is 5.41 Å². The molecule has 7 heteroatoms. The molecule has 1 saturated carbocycles. The first-order valence-electron chi connectivity index (χ1n) is 7.24. The van der Waals surface area contributed by atoms with Crippen molar-refractivity contribution in [2.45, 2.75) is 12.8 Å². The first kappa shape index (κ1) is 16.6. The Hall–Kier alpha value is -2.28. The van der Waals surface area contributed by atoms with Crippen molar-refractivity contribution in [3.63, 3.8) is 0 Å². The van der Waals surface area contributed by atoms with Gasteiger partial charge in [0.05, 0.1) is 0 Å². The molecule has 124 valence electrons. The van der Waals surface area contributed by atoms with E-state index in [1.54, 1.807) is 18.2 Å². The number of hydrogen-bond donors (Lipinski definition) is 2. The highest BCUT2D eigenvalue weighted by Gasteiger charge is 2.56. The molecule has 0 heterocycles. The normalized spacial score (nSPS) is 14.8. The summed E-state index contributed by atoms with van der Waals surface area (Å²) >= 11 is 3.31. The fraction of sp³-hybridized carbons (Fsp3) is 0.176. The lowest BCUT2D eigenvalue weighted by Gasteiger charge is -2.15. The minimum atomic E-state index is -1.17. The van der Waals surface area contributed by atoms with Crippen LogP contribution in [0.15, 0.2) is 46.9 Å². The zero-order valence-electron chi connectivity index (χ0n) is 12.4. The second-order valence-electron chi connectivity index (χ2n) is 5.63. The maximum atomic E-state index is 13.2. The summed E-state index contributed by atoms with van der Waals surface area (Å²) in [5.74, 6) is -3.00. The van der Waals surface area contributed by atoms with Crippen LogP contribution < -0.4 is 10.6 Å². The number of halogens is 3. The van der Waals surface area contributed by atoms with Gasteiger partial charge in [-0.15, -0.1) is 0 Å². The molecule has 0 bridgehead atoms. The zero-order chi connectivity index (χ0) is 17.3. The van der Waals surface area contributed by atoms with Gasteiger partial charge in [0.25, 0.3) is 0 Å². The van der Waals surface area contributed by atoms with Crippen molar-refractivity contribution < 1.29 is 18.4 Å². The molecule has 2 aromatic rings. The number of carbonyl (C=O) groups excluding carboxylic acids is 2. The predicted octanol–water partition coefficient (Wildman–Crippen LogP) is 4.08. The molecular formula is C17H13BrF2N2O2. The highest BCUT2D eigenvalue weighted by Crippen LogP contribution is 2.47. The topological polar surface area (TPSA) is 58.2 Å². The number of carbonyl (C=O) groups is 2. The van der Waals surface area contributed by atoms with Crippen LogP contribution in [0.25, 0.3) is 0 Å².